The van der Waals surface area contributed by atoms with E-state index >= 15 is 0 Å². The summed E-state index contributed by atoms with van der Waals surface area (Å²) in [5, 5.41) is 7.95. The normalized spacial score (nSPS) is 10.7. The molecule has 4 aromatic rings. The van der Waals surface area contributed by atoms with E-state index in [2.05, 4.69) is 10.5 Å². The van der Waals surface area contributed by atoms with E-state index in [0.717, 1.165) is 10.9 Å². The summed E-state index contributed by atoms with van der Waals surface area (Å²) in [6.07, 6.45) is 0. The fourth-order valence-electron chi connectivity index (χ4n) is 3.13. The molecule has 0 spiro atoms. The predicted molar refractivity (Wildman–Crippen MR) is 116 cm³/mol. The number of hydrogen-bond donors (Lipinski definition) is 1. The van der Waals surface area contributed by atoms with Gasteiger partial charge in [-0.1, -0.05) is 59.2 Å². The van der Waals surface area contributed by atoms with Gasteiger partial charge in [-0.05, 0) is 30.3 Å². The smallest absolute Gasteiger partial charge is 0.254 e. The van der Waals surface area contributed by atoms with Gasteiger partial charge in [0.1, 0.15) is 5.52 Å². The van der Waals surface area contributed by atoms with Gasteiger partial charge in [-0.15, -0.1) is 0 Å². The molecular weight excluding hydrogens is 402 g/mol. The van der Waals surface area contributed by atoms with Crippen LogP contribution in [0, 0.1) is 0 Å². The molecule has 1 N–H and O–H groups in total. The fraction of sp³-hybridized carbons (Fsp3) is 0.0870. The third-order valence-electron chi connectivity index (χ3n) is 4.63. The van der Waals surface area contributed by atoms with Crippen molar-refractivity contribution in [1.29, 1.82) is 0 Å². The van der Waals surface area contributed by atoms with Crippen LogP contribution in [0.25, 0.3) is 22.2 Å². The van der Waals surface area contributed by atoms with Crippen LogP contribution in [0.15, 0.2) is 77.3 Å². The van der Waals surface area contributed by atoms with Crippen LogP contribution in [0.5, 0.6) is 0 Å². The van der Waals surface area contributed by atoms with Gasteiger partial charge in [-0.2, -0.15) is 0 Å². The van der Waals surface area contributed by atoms with Crippen LogP contribution < -0.4 is 5.32 Å². The summed E-state index contributed by atoms with van der Waals surface area (Å²) in [4.78, 5) is 26.6. The quantitative estimate of drug-likeness (QED) is 0.501. The summed E-state index contributed by atoms with van der Waals surface area (Å²) >= 11 is 6.06. The monoisotopic (exact) mass is 419 g/mol. The molecule has 7 heteroatoms. The van der Waals surface area contributed by atoms with E-state index in [0.29, 0.717) is 27.6 Å². The number of fused-ring (bicyclic) bond motifs is 1. The molecule has 4 rings (SSSR count). The van der Waals surface area contributed by atoms with E-state index < -0.39 is 0 Å². The highest BCUT2D eigenvalue weighted by atomic mass is 35.5. The standard InChI is InChI=1S/C23H18ClN3O3/c1-27(14-21(28)25-20-10-6-5-9-18(20)24)23(29)16-11-12-19-17(13-16)22(30-26-19)15-7-3-2-4-8-15/h2-13H,14H2,1H3,(H,25,28). The zero-order chi connectivity index (χ0) is 21.1. The molecule has 0 saturated carbocycles. The number of hydrogen-bond acceptors (Lipinski definition) is 4. The number of benzene rings is 3. The fourth-order valence-corrected chi connectivity index (χ4v) is 3.32. The maximum absolute atomic E-state index is 12.9. The molecule has 1 heterocycles. The van der Waals surface area contributed by atoms with Crippen molar-refractivity contribution >= 4 is 40.0 Å². The summed E-state index contributed by atoms with van der Waals surface area (Å²) in [6.45, 7) is -0.114. The number of nitrogens with zero attached hydrogens (tertiary/aromatic N) is 2. The predicted octanol–water partition coefficient (Wildman–Crippen LogP) is 4.86. The second-order valence-corrected chi connectivity index (χ2v) is 7.21. The maximum Gasteiger partial charge on any atom is 0.254 e. The van der Waals surface area contributed by atoms with Crippen molar-refractivity contribution in [2.24, 2.45) is 0 Å². The molecule has 150 valence electrons. The molecule has 1 aromatic heterocycles. The lowest BCUT2D eigenvalue weighted by Crippen LogP contribution is -2.34. The van der Waals surface area contributed by atoms with E-state index in [1.807, 2.05) is 30.3 Å². The zero-order valence-electron chi connectivity index (χ0n) is 16.1. The third kappa shape index (κ3) is 4.04. The highest BCUT2D eigenvalue weighted by Crippen LogP contribution is 2.29. The summed E-state index contributed by atoms with van der Waals surface area (Å²) in [5.41, 5.74) is 2.47. The molecule has 0 radical (unpaired) electrons. The Morgan fingerprint density at radius 3 is 2.53 bits per heavy atom. The Labute approximate surface area is 178 Å². The van der Waals surface area contributed by atoms with Crippen molar-refractivity contribution in [2.75, 3.05) is 18.9 Å². The number of carbonyl (C=O) groups excluding carboxylic acids is 2. The number of likely N-dealkylation sites (N-methyl/N-ethyl adjacent to an activating group) is 1. The Bertz CT molecular complexity index is 1220. The van der Waals surface area contributed by atoms with Crippen molar-refractivity contribution in [3.63, 3.8) is 0 Å². The lowest BCUT2D eigenvalue weighted by molar-refractivity contribution is -0.116. The number of carbonyl (C=O) groups is 2. The molecule has 0 aliphatic carbocycles. The number of nitrogens with one attached hydrogen (secondary N) is 1. The molecule has 0 unspecified atom stereocenters. The largest absolute Gasteiger partial charge is 0.355 e. The number of aromatic nitrogens is 1. The minimum atomic E-state index is -0.338. The van der Waals surface area contributed by atoms with Gasteiger partial charge in [-0.3, -0.25) is 9.59 Å². The SMILES string of the molecule is CN(CC(=O)Nc1ccccc1Cl)C(=O)c1ccc2noc(-c3ccccc3)c2c1. The topological polar surface area (TPSA) is 75.4 Å². The molecule has 3 aromatic carbocycles. The van der Waals surface area contributed by atoms with Gasteiger partial charge in [-0.25, -0.2) is 0 Å². The van der Waals surface area contributed by atoms with Gasteiger partial charge in [0.25, 0.3) is 5.91 Å². The van der Waals surface area contributed by atoms with E-state index in [9.17, 15) is 9.59 Å². The van der Waals surface area contributed by atoms with Gasteiger partial charge >= 0.3 is 0 Å². The first-order chi connectivity index (χ1) is 14.5. The number of amides is 2. The Morgan fingerprint density at radius 2 is 1.77 bits per heavy atom. The van der Waals surface area contributed by atoms with Gasteiger partial charge in [0.15, 0.2) is 5.76 Å². The molecular formula is C23H18ClN3O3. The Morgan fingerprint density at radius 1 is 1.03 bits per heavy atom. The van der Waals surface area contributed by atoms with Gasteiger partial charge in [0, 0.05) is 18.2 Å². The molecule has 0 aliphatic rings. The number of halogens is 1. The van der Waals surface area contributed by atoms with Crippen LogP contribution in [0.1, 0.15) is 10.4 Å². The molecule has 6 nitrogen and oxygen atoms in total. The van der Waals surface area contributed by atoms with E-state index in [1.54, 1.807) is 49.5 Å². The molecule has 0 bridgehead atoms. The van der Waals surface area contributed by atoms with Gasteiger partial charge in [0.05, 0.1) is 22.6 Å². The Balaban J connectivity index is 1.52. The van der Waals surface area contributed by atoms with Crippen LogP contribution >= 0.6 is 11.6 Å². The van der Waals surface area contributed by atoms with Crippen molar-refractivity contribution < 1.29 is 14.1 Å². The van der Waals surface area contributed by atoms with Crippen LogP contribution in [0.3, 0.4) is 0 Å². The first-order valence-corrected chi connectivity index (χ1v) is 9.65. The van der Waals surface area contributed by atoms with Crippen molar-refractivity contribution in [1.82, 2.24) is 10.1 Å². The molecule has 2 amide bonds. The zero-order valence-corrected chi connectivity index (χ0v) is 16.9. The first-order valence-electron chi connectivity index (χ1n) is 9.27. The average Bonchev–Trinajstić information content (AvgIpc) is 3.18. The minimum Gasteiger partial charge on any atom is -0.355 e. The summed E-state index contributed by atoms with van der Waals surface area (Å²) in [5.74, 6) is -0.0271. The lowest BCUT2D eigenvalue weighted by atomic mass is 10.1. The van der Waals surface area contributed by atoms with Crippen LogP contribution in [-0.2, 0) is 4.79 Å². The average molecular weight is 420 g/mol. The lowest BCUT2D eigenvalue weighted by Gasteiger charge is -2.17. The van der Waals surface area contributed by atoms with E-state index in [-0.39, 0.29) is 18.4 Å². The number of anilines is 1. The highest BCUT2D eigenvalue weighted by Gasteiger charge is 2.18. The van der Waals surface area contributed by atoms with Gasteiger partial charge in [0.2, 0.25) is 5.91 Å². The maximum atomic E-state index is 12.9. The molecule has 0 saturated heterocycles. The molecule has 0 fully saturated rings. The van der Waals surface area contributed by atoms with Gasteiger partial charge < -0.3 is 14.7 Å². The Hall–Kier alpha value is -3.64. The van der Waals surface area contributed by atoms with E-state index in [1.165, 1.54) is 4.90 Å². The third-order valence-corrected chi connectivity index (χ3v) is 4.96. The molecule has 30 heavy (non-hydrogen) atoms. The van der Waals surface area contributed by atoms with Crippen LogP contribution in [0.2, 0.25) is 5.02 Å². The van der Waals surface area contributed by atoms with Crippen LogP contribution in [-0.4, -0.2) is 35.5 Å². The minimum absolute atomic E-state index is 0.114. The first kappa shape index (κ1) is 19.7. The Kier molecular flexibility index (Phi) is 5.50. The summed E-state index contributed by atoms with van der Waals surface area (Å²) in [7, 11) is 1.57. The van der Waals surface area contributed by atoms with Crippen molar-refractivity contribution in [3.8, 4) is 11.3 Å². The number of para-hydroxylation sites is 1. The highest BCUT2D eigenvalue weighted by molar-refractivity contribution is 6.33. The second kappa shape index (κ2) is 8.39. The molecule has 0 atom stereocenters. The summed E-state index contributed by atoms with van der Waals surface area (Å²) < 4.78 is 5.49. The number of rotatable bonds is 5. The van der Waals surface area contributed by atoms with Crippen molar-refractivity contribution in [2.45, 2.75) is 0 Å². The molecule has 0 aliphatic heterocycles. The second-order valence-electron chi connectivity index (χ2n) is 6.80. The van der Waals surface area contributed by atoms with Crippen molar-refractivity contribution in [3.05, 3.63) is 83.4 Å². The van der Waals surface area contributed by atoms with E-state index in [4.69, 9.17) is 16.1 Å². The summed E-state index contributed by atoms with van der Waals surface area (Å²) in [6, 6.07) is 21.6. The van der Waals surface area contributed by atoms with Crippen LogP contribution in [0.4, 0.5) is 5.69 Å².